The molecule has 2 amide bonds. The number of hydrogen-bond acceptors (Lipinski definition) is 4. The van der Waals surface area contributed by atoms with Gasteiger partial charge in [0.05, 0.1) is 0 Å². The molecule has 1 aromatic heterocycles. The first-order valence-corrected chi connectivity index (χ1v) is 9.21. The predicted molar refractivity (Wildman–Crippen MR) is 104 cm³/mol. The molecule has 140 valence electrons. The molecule has 0 bridgehead atoms. The van der Waals surface area contributed by atoms with E-state index in [0.717, 1.165) is 25.7 Å². The maximum absolute atomic E-state index is 12.1. The smallest absolute Gasteiger partial charge is 0.320 e. The molecule has 1 aliphatic rings. The van der Waals surface area contributed by atoms with Crippen LogP contribution < -0.4 is 10.6 Å². The summed E-state index contributed by atoms with van der Waals surface area (Å²) in [6.45, 7) is 4.99. The Labute approximate surface area is 160 Å². The lowest BCUT2D eigenvalue weighted by atomic mass is 9.62. The van der Waals surface area contributed by atoms with Crippen molar-refractivity contribution in [2.45, 2.75) is 44.9 Å². The van der Waals surface area contributed by atoms with Crippen molar-refractivity contribution in [3.8, 4) is 6.07 Å². The van der Waals surface area contributed by atoms with Gasteiger partial charge >= 0.3 is 6.03 Å². The van der Waals surface area contributed by atoms with Crippen LogP contribution in [0.5, 0.6) is 0 Å². The standard InChI is InChI=1S/C21H25N5O/c1-20(9-11-21(2,12-10-20)16-6-4-3-5-7-16)15-26(19(23)27)18-8-13-24-17(14-22)25-18/h3-8,13H,9-12,15H2,1-2H3,(H2,23,27). The van der Waals surface area contributed by atoms with Crippen molar-refractivity contribution in [2.75, 3.05) is 11.4 Å². The molecule has 1 aromatic carbocycles. The van der Waals surface area contributed by atoms with Crippen LogP contribution in [0, 0.1) is 16.7 Å². The number of rotatable bonds is 4. The maximum atomic E-state index is 12.1. The molecule has 0 atom stereocenters. The second-order valence-electron chi connectivity index (χ2n) is 8.01. The molecule has 1 fully saturated rings. The van der Waals surface area contributed by atoms with Crippen molar-refractivity contribution in [1.29, 1.82) is 5.26 Å². The van der Waals surface area contributed by atoms with Gasteiger partial charge in [-0.2, -0.15) is 5.26 Å². The fourth-order valence-electron chi connectivity index (χ4n) is 3.90. The van der Waals surface area contributed by atoms with E-state index in [1.807, 2.05) is 12.1 Å². The summed E-state index contributed by atoms with van der Waals surface area (Å²) >= 11 is 0. The van der Waals surface area contributed by atoms with E-state index >= 15 is 0 Å². The summed E-state index contributed by atoms with van der Waals surface area (Å²) in [5, 5.41) is 9.01. The highest BCUT2D eigenvalue weighted by atomic mass is 16.2. The van der Waals surface area contributed by atoms with Gasteiger partial charge in [0.1, 0.15) is 11.9 Å². The highest BCUT2D eigenvalue weighted by molar-refractivity contribution is 5.89. The number of carbonyl (C=O) groups excluding carboxylic acids is 1. The largest absolute Gasteiger partial charge is 0.351 e. The lowest BCUT2D eigenvalue weighted by Crippen LogP contribution is -2.46. The molecule has 2 aromatic rings. The van der Waals surface area contributed by atoms with Crippen molar-refractivity contribution in [3.63, 3.8) is 0 Å². The topological polar surface area (TPSA) is 95.9 Å². The first kappa shape index (κ1) is 18.8. The van der Waals surface area contributed by atoms with Gasteiger partial charge < -0.3 is 5.73 Å². The van der Waals surface area contributed by atoms with Gasteiger partial charge in [-0.25, -0.2) is 14.8 Å². The molecule has 0 saturated heterocycles. The molecule has 6 nitrogen and oxygen atoms in total. The Morgan fingerprint density at radius 3 is 2.44 bits per heavy atom. The summed E-state index contributed by atoms with van der Waals surface area (Å²) in [5.41, 5.74) is 7.09. The number of nitrogens with two attached hydrogens (primary N) is 1. The lowest BCUT2D eigenvalue weighted by Gasteiger charge is -2.45. The van der Waals surface area contributed by atoms with E-state index in [1.165, 1.54) is 16.7 Å². The first-order valence-electron chi connectivity index (χ1n) is 9.21. The van der Waals surface area contributed by atoms with Crippen molar-refractivity contribution in [1.82, 2.24) is 9.97 Å². The zero-order chi connectivity index (χ0) is 19.5. The fraction of sp³-hybridized carbons (Fsp3) is 0.429. The van der Waals surface area contributed by atoms with E-state index < -0.39 is 6.03 Å². The third-order valence-corrected chi connectivity index (χ3v) is 5.85. The minimum absolute atomic E-state index is 0.0317. The van der Waals surface area contributed by atoms with E-state index in [-0.39, 0.29) is 16.7 Å². The number of benzene rings is 1. The normalized spacial score (nSPS) is 24.8. The van der Waals surface area contributed by atoms with Gasteiger partial charge in [0, 0.05) is 12.7 Å². The fourth-order valence-corrected chi connectivity index (χ4v) is 3.90. The predicted octanol–water partition coefficient (Wildman–Crippen LogP) is 3.77. The van der Waals surface area contributed by atoms with Crippen molar-refractivity contribution in [2.24, 2.45) is 11.1 Å². The molecule has 27 heavy (non-hydrogen) atoms. The SMILES string of the molecule is CC1(CN(C(N)=O)c2ccnc(C#N)n2)CCC(C)(c2ccccc2)CC1. The number of carbonyl (C=O) groups is 1. The number of primary amides is 1. The molecule has 0 unspecified atom stereocenters. The van der Waals surface area contributed by atoms with E-state index in [2.05, 4.69) is 48.1 Å². The number of aromatic nitrogens is 2. The number of anilines is 1. The highest BCUT2D eigenvalue weighted by Crippen LogP contribution is 2.47. The molecule has 0 spiro atoms. The summed E-state index contributed by atoms with van der Waals surface area (Å²) in [6.07, 6.45) is 5.55. The Hall–Kier alpha value is -2.94. The van der Waals surface area contributed by atoms with Crippen molar-refractivity contribution >= 4 is 11.8 Å². The van der Waals surface area contributed by atoms with Crippen LogP contribution in [-0.4, -0.2) is 22.5 Å². The van der Waals surface area contributed by atoms with Crippen LogP contribution in [0.25, 0.3) is 0 Å². The Morgan fingerprint density at radius 1 is 1.19 bits per heavy atom. The van der Waals surface area contributed by atoms with Gasteiger partial charge in [-0.05, 0) is 48.1 Å². The average Bonchev–Trinajstić information content (AvgIpc) is 2.69. The molecule has 2 N–H and O–H groups in total. The van der Waals surface area contributed by atoms with Crippen LogP contribution in [-0.2, 0) is 5.41 Å². The van der Waals surface area contributed by atoms with Gasteiger partial charge in [0.2, 0.25) is 5.82 Å². The second kappa shape index (κ2) is 7.36. The summed E-state index contributed by atoms with van der Waals surface area (Å²) in [5.74, 6) is 0.413. The highest BCUT2D eigenvalue weighted by Gasteiger charge is 2.40. The van der Waals surface area contributed by atoms with Gasteiger partial charge in [0.25, 0.3) is 0 Å². The summed E-state index contributed by atoms with van der Waals surface area (Å²) in [6, 6.07) is 13.6. The Kier molecular flexibility index (Phi) is 5.13. The monoisotopic (exact) mass is 363 g/mol. The van der Waals surface area contributed by atoms with Crippen LogP contribution in [0.1, 0.15) is 50.9 Å². The molecule has 0 radical (unpaired) electrons. The third-order valence-electron chi connectivity index (χ3n) is 5.85. The quantitative estimate of drug-likeness (QED) is 0.894. The number of nitriles is 1. The zero-order valence-electron chi connectivity index (χ0n) is 15.9. The van der Waals surface area contributed by atoms with Crippen LogP contribution in [0.4, 0.5) is 10.6 Å². The molecule has 0 aliphatic heterocycles. The van der Waals surface area contributed by atoms with Crippen LogP contribution in [0.3, 0.4) is 0 Å². The lowest BCUT2D eigenvalue weighted by molar-refractivity contribution is 0.158. The molecule has 6 heteroatoms. The molecule has 1 aliphatic carbocycles. The number of nitrogens with zero attached hydrogens (tertiary/aromatic N) is 4. The van der Waals surface area contributed by atoms with Crippen LogP contribution in [0.15, 0.2) is 42.6 Å². The average molecular weight is 363 g/mol. The van der Waals surface area contributed by atoms with E-state index in [9.17, 15) is 4.79 Å². The molecule has 1 heterocycles. The molecular formula is C21H25N5O. The van der Waals surface area contributed by atoms with E-state index in [0.29, 0.717) is 12.4 Å². The Morgan fingerprint density at radius 2 is 1.85 bits per heavy atom. The minimum Gasteiger partial charge on any atom is -0.351 e. The van der Waals surface area contributed by atoms with E-state index in [4.69, 9.17) is 11.0 Å². The Balaban J connectivity index is 1.76. The second-order valence-corrected chi connectivity index (χ2v) is 8.01. The number of amides is 2. The summed E-state index contributed by atoms with van der Waals surface area (Å²) < 4.78 is 0. The Bertz CT molecular complexity index is 850. The molecule has 1 saturated carbocycles. The van der Waals surface area contributed by atoms with Gasteiger partial charge in [-0.3, -0.25) is 4.90 Å². The zero-order valence-corrected chi connectivity index (χ0v) is 15.9. The van der Waals surface area contributed by atoms with Crippen molar-refractivity contribution < 1.29 is 4.79 Å². The molecular weight excluding hydrogens is 338 g/mol. The maximum Gasteiger partial charge on any atom is 0.320 e. The third kappa shape index (κ3) is 4.08. The van der Waals surface area contributed by atoms with Crippen molar-refractivity contribution in [3.05, 3.63) is 54.0 Å². The first-order chi connectivity index (χ1) is 12.9. The van der Waals surface area contributed by atoms with E-state index in [1.54, 1.807) is 6.07 Å². The van der Waals surface area contributed by atoms with Crippen LogP contribution in [0.2, 0.25) is 0 Å². The van der Waals surface area contributed by atoms with Gasteiger partial charge in [-0.1, -0.05) is 44.2 Å². The minimum atomic E-state index is -0.560. The summed E-state index contributed by atoms with van der Waals surface area (Å²) in [4.78, 5) is 21.5. The number of hydrogen-bond donors (Lipinski definition) is 1. The van der Waals surface area contributed by atoms with Gasteiger partial charge in [0.15, 0.2) is 0 Å². The van der Waals surface area contributed by atoms with Gasteiger partial charge in [-0.15, -0.1) is 0 Å². The van der Waals surface area contributed by atoms with Crippen LogP contribution >= 0.6 is 0 Å². The number of urea groups is 1. The molecule has 3 rings (SSSR count). The summed E-state index contributed by atoms with van der Waals surface area (Å²) in [7, 11) is 0.